The second-order valence-electron chi connectivity index (χ2n) is 5.30. The zero-order valence-electron chi connectivity index (χ0n) is 13.8. The van der Waals surface area contributed by atoms with Gasteiger partial charge >= 0.3 is 0 Å². The number of para-hydroxylation sites is 1. The third kappa shape index (κ3) is 4.90. The number of carbonyl (C=O) groups excluding carboxylic acids is 1. The Balaban J connectivity index is 2.14. The Bertz CT molecular complexity index is 820. The zero-order chi connectivity index (χ0) is 18.4. The van der Waals surface area contributed by atoms with Crippen LogP contribution in [0.5, 0.6) is 5.75 Å². The fourth-order valence-electron chi connectivity index (χ4n) is 2.29. The van der Waals surface area contributed by atoms with Gasteiger partial charge in [0.15, 0.2) is 0 Å². The largest absolute Gasteiger partial charge is 0.496 e. The molecule has 0 aliphatic heterocycles. The predicted octanol–water partition coefficient (Wildman–Crippen LogP) is 4.04. The van der Waals surface area contributed by atoms with Crippen molar-refractivity contribution in [3.8, 4) is 5.75 Å². The summed E-state index contributed by atoms with van der Waals surface area (Å²) >= 11 is 3.40. The number of hydrogen-bond acceptors (Lipinski definition) is 4. The smallest absolute Gasteiger partial charge is 0.276 e. The molecule has 1 amide bonds. The van der Waals surface area contributed by atoms with Crippen molar-refractivity contribution < 1.29 is 14.5 Å². The first-order valence-electron chi connectivity index (χ1n) is 7.41. The van der Waals surface area contributed by atoms with Gasteiger partial charge in [0.25, 0.3) is 5.69 Å². The number of nitro benzene ring substituents is 1. The molecule has 0 spiro atoms. The Hall–Kier alpha value is -2.67. The summed E-state index contributed by atoms with van der Waals surface area (Å²) in [5.41, 5.74) is 1.20. The zero-order valence-corrected chi connectivity index (χ0v) is 15.4. The minimum atomic E-state index is -0.472. The molecule has 0 heterocycles. The summed E-state index contributed by atoms with van der Waals surface area (Å²) < 4.78 is 6.19. The lowest BCUT2D eigenvalue weighted by molar-refractivity contribution is -0.385. The molecule has 0 unspecified atom stereocenters. The number of ether oxygens (including phenoxy) is 1. The number of rotatable bonds is 6. The van der Waals surface area contributed by atoms with Crippen LogP contribution in [0.3, 0.4) is 0 Å². The Morgan fingerprint density at radius 2 is 2.04 bits per heavy atom. The normalized spacial score (nSPS) is 10.7. The number of nitrogens with zero attached hydrogens (tertiary/aromatic N) is 2. The third-order valence-corrected chi connectivity index (χ3v) is 4.06. The van der Waals surface area contributed by atoms with E-state index in [1.807, 2.05) is 18.2 Å². The second-order valence-corrected chi connectivity index (χ2v) is 6.22. The van der Waals surface area contributed by atoms with E-state index < -0.39 is 4.92 Å². The van der Waals surface area contributed by atoms with Gasteiger partial charge in [0.2, 0.25) is 5.91 Å². The van der Waals surface area contributed by atoms with E-state index in [1.165, 1.54) is 23.1 Å². The molecule has 2 aromatic carbocycles. The lowest BCUT2D eigenvalue weighted by atomic mass is 10.1. The topological polar surface area (TPSA) is 72.7 Å². The number of nitro groups is 1. The first-order valence-corrected chi connectivity index (χ1v) is 8.20. The van der Waals surface area contributed by atoms with E-state index in [1.54, 1.807) is 32.4 Å². The third-order valence-electron chi connectivity index (χ3n) is 3.57. The molecular formula is C18H17BrN2O4. The highest BCUT2D eigenvalue weighted by Crippen LogP contribution is 2.24. The number of hydrogen-bond donors (Lipinski definition) is 0. The summed E-state index contributed by atoms with van der Waals surface area (Å²) in [5.74, 6) is 0.422. The van der Waals surface area contributed by atoms with E-state index in [2.05, 4.69) is 15.9 Å². The van der Waals surface area contributed by atoms with Crippen LogP contribution in [0.4, 0.5) is 5.69 Å². The van der Waals surface area contributed by atoms with Crippen molar-refractivity contribution in [1.29, 1.82) is 0 Å². The molecule has 0 atom stereocenters. The first kappa shape index (κ1) is 18.7. The molecule has 0 aromatic heterocycles. The maximum absolute atomic E-state index is 12.3. The molecule has 0 saturated heterocycles. The van der Waals surface area contributed by atoms with Gasteiger partial charge in [-0.2, -0.15) is 0 Å². The molecule has 2 rings (SSSR count). The van der Waals surface area contributed by atoms with Crippen LogP contribution >= 0.6 is 15.9 Å². The van der Waals surface area contributed by atoms with Gasteiger partial charge in [0.1, 0.15) is 5.75 Å². The fourth-order valence-corrected chi connectivity index (χ4v) is 2.70. The summed E-state index contributed by atoms with van der Waals surface area (Å²) in [6.45, 7) is 0.350. The predicted molar refractivity (Wildman–Crippen MR) is 99.3 cm³/mol. The number of carbonyl (C=O) groups is 1. The number of amides is 1. The number of benzene rings is 2. The summed E-state index contributed by atoms with van der Waals surface area (Å²) in [5, 5.41) is 11.0. The summed E-state index contributed by atoms with van der Waals surface area (Å²) in [6, 6.07) is 11.8. The van der Waals surface area contributed by atoms with E-state index in [0.29, 0.717) is 17.9 Å². The Kier molecular flexibility index (Phi) is 6.30. The van der Waals surface area contributed by atoms with Crippen LogP contribution in [0.25, 0.3) is 6.08 Å². The molecule has 0 saturated carbocycles. The molecule has 0 fully saturated rings. The van der Waals surface area contributed by atoms with Gasteiger partial charge < -0.3 is 9.64 Å². The van der Waals surface area contributed by atoms with E-state index in [4.69, 9.17) is 4.74 Å². The molecule has 6 nitrogen and oxygen atoms in total. The lowest BCUT2D eigenvalue weighted by Gasteiger charge is -2.17. The number of halogens is 1. The molecule has 7 heteroatoms. The van der Waals surface area contributed by atoms with Crippen LogP contribution in [-0.2, 0) is 11.3 Å². The Labute approximate surface area is 154 Å². The van der Waals surface area contributed by atoms with Crippen molar-refractivity contribution in [1.82, 2.24) is 4.90 Å². The van der Waals surface area contributed by atoms with Crippen LogP contribution in [0, 0.1) is 10.1 Å². The molecule has 0 aliphatic rings. The number of methoxy groups -OCH3 is 1. The first-order chi connectivity index (χ1) is 11.9. The minimum Gasteiger partial charge on any atom is -0.496 e. The van der Waals surface area contributed by atoms with Crippen LogP contribution in [0.15, 0.2) is 53.0 Å². The van der Waals surface area contributed by atoms with Crippen molar-refractivity contribution in [2.24, 2.45) is 0 Å². The van der Waals surface area contributed by atoms with E-state index in [9.17, 15) is 14.9 Å². The molecule has 0 aliphatic carbocycles. The fraction of sp³-hybridized carbons (Fsp3) is 0.167. The van der Waals surface area contributed by atoms with Gasteiger partial charge in [0.05, 0.1) is 17.6 Å². The minimum absolute atomic E-state index is 0.0390. The summed E-state index contributed by atoms with van der Waals surface area (Å²) in [7, 11) is 3.23. The maximum Gasteiger partial charge on any atom is 0.276 e. The van der Waals surface area contributed by atoms with E-state index in [0.717, 1.165) is 10.0 Å². The van der Waals surface area contributed by atoms with Crippen LogP contribution < -0.4 is 4.74 Å². The van der Waals surface area contributed by atoms with Crippen LogP contribution in [0.2, 0.25) is 0 Å². The van der Waals surface area contributed by atoms with Gasteiger partial charge in [-0.1, -0.05) is 28.1 Å². The highest BCUT2D eigenvalue weighted by atomic mass is 79.9. The van der Waals surface area contributed by atoms with Gasteiger partial charge in [0, 0.05) is 35.8 Å². The molecule has 0 bridgehead atoms. The van der Waals surface area contributed by atoms with Gasteiger partial charge in [-0.05, 0) is 30.3 Å². The monoisotopic (exact) mass is 404 g/mol. The Morgan fingerprint density at radius 1 is 1.32 bits per heavy atom. The average Bonchev–Trinajstić information content (AvgIpc) is 2.60. The van der Waals surface area contributed by atoms with E-state index in [-0.39, 0.29) is 11.6 Å². The van der Waals surface area contributed by atoms with Gasteiger partial charge in [-0.15, -0.1) is 0 Å². The van der Waals surface area contributed by atoms with Crippen LogP contribution in [0.1, 0.15) is 11.1 Å². The summed E-state index contributed by atoms with van der Waals surface area (Å²) in [4.78, 5) is 24.3. The van der Waals surface area contributed by atoms with Gasteiger partial charge in [-0.25, -0.2) is 0 Å². The lowest BCUT2D eigenvalue weighted by Crippen LogP contribution is -2.24. The van der Waals surface area contributed by atoms with Crippen molar-refractivity contribution in [2.45, 2.75) is 6.54 Å². The average molecular weight is 405 g/mol. The van der Waals surface area contributed by atoms with E-state index >= 15 is 0 Å². The molecule has 0 N–H and O–H groups in total. The molecule has 0 radical (unpaired) electrons. The standard InChI is InChI=1S/C18H17BrN2O4/c1-20(12-14-11-15(19)8-9-17(14)25-2)18(22)10-7-13-5-3-4-6-16(13)21(23)24/h3-11H,12H2,1-2H3/b10-7+. The van der Waals surface area contributed by atoms with Crippen LogP contribution in [-0.4, -0.2) is 29.9 Å². The summed E-state index contributed by atoms with van der Waals surface area (Å²) in [6.07, 6.45) is 2.78. The Morgan fingerprint density at radius 3 is 2.72 bits per heavy atom. The molecule has 25 heavy (non-hydrogen) atoms. The quantitative estimate of drug-likeness (QED) is 0.413. The van der Waals surface area contributed by atoms with Crippen molar-refractivity contribution >= 4 is 33.6 Å². The number of likely N-dealkylation sites (N-methyl/N-ethyl adjacent to an activating group) is 1. The molecule has 130 valence electrons. The SMILES string of the molecule is COc1ccc(Br)cc1CN(C)C(=O)/C=C/c1ccccc1[N+](=O)[O-]. The highest BCUT2D eigenvalue weighted by molar-refractivity contribution is 9.10. The second kappa shape index (κ2) is 8.43. The van der Waals surface area contributed by atoms with Gasteiger partial charge in [-0.3, -0.25) is 14.9 Å². The molecular weight excluding hydrogens is 388 g/mol. The van der Waals surface area contributed by atoms with Crippen molar-refractivity contribution in [3.05, 3.63) is 74.3 Å². The van der Waals surface area contributed by atoms with Crippen molar-refractivity contribution in [3.63, 3.8) is 0 Å². The molecule has 2 aromatic rings. The van der Waals surface area contributed by atoms with Crippen molar-refractivity contribution in [2.75, 3.05) is 14.2 Å². The highest BCUT2D eigenvalue weighted by Gasteiger charge is 2.13. The maximum atomic E-state index is 12.3.